The predicted molar refractivity (Wildman–Crippen MR) is 201 cm³/mol. The van der Waals surface area contributed by atoms with Crippen molar-refractivity contribution in [3.05, 3.63) is 0 Å². The fourth-order valence-electron chi connectivity index (χ4n) is 5.34. The average Bonchev–Trinajstić information content (AvgIpc) is 3.02. The zero-order chi connectivity index (χ0) is 34.3. The van der Waals surface area contributed by atoms with E-state index >= 15 is 0 Å². The number of hydrogen-bond acceptors (Lipinski definition) is 4. The molecule has 5 heteroatoms. The van der Waals surface area contributed by atoms with E-state index in [-0.39, 0.29) is 13.2 Å². The first-order valence-electron chi connectivity index (χ1n) is 20.2. The van der Waals surface area contributed by atoms with Crippen molar-refractivity contribution in [3.8, 4) is 0 Å². The molecule has 0 atom stereocenters. The minimum atomic E-state index is -0.653. The normalized spacial score (nSPS) is 10.3. The SMILES string of the molecule is CCCCCCCCCCCCCCCCCC(=O)O.CCCCCCCCCCCCCCCCCCN.CCO.CCO. The molecular weight excluding hydrogens is 558 g/mol. The lowest BCUT2D eigenvalue weighted by atomic mass is 10.0. The van der Waals surface area contributed by atoms with Crippen LogP contribution in [-0.4, -0.2) is 41.0 Å². The molecular formula is C40H87NO4. The van der Waals surface area contributed by atoms with Gasteiger partial charge in [-0.2, -0.15) is 0 Å². The smallest absolute Gasteiger partial charge is 0.303 e. The largest absolute Gasteiger partial charge is 0.481 e. The van der Waals surface area contributed by atoms with Crippen molar-refractivity contribution < 1.29 is 20.1 Å². The molecule has 0 radical (unpaired) electrons. The lowest BCUT2D eigenvalue weighted by molar-refractivity contribution is -0.137. The molecule has 0 spiro atoms. The van der Waals surface area contributed by atoms with Gasteiger partial charge < -0.3 is 21.1 Å². The van der Waals surface area contributed by atoms with Crippen molar-refractivity contribution in [2.75, 3.05) is 19.8 Å². The van der Waals surface area contributed by atoms with Crippen LogP contribution >= 0.6 is 0 Å². The van der Waals surface area contributed by atoms with Crippen molar-refractivity contribution in [1.29, 1.82) is 0 Å². The number of nitrogens with two attached hydrogens (primary N) is 1. The number of aliphatic hydroxyl groups is 2. The second kappa shape index (κ2) is 55.7. The highest BCUT2D eigenvalue weighted by atomic mass is 16.4. The number of carbonyl (C=O) groups is 1. The zero-order valence-electron chi connectivity index (χ0n) is 31.6. The van der Waals surface area contributed by atoms with Gasteiger partial charge in [0.15, 0.2) is 0 Å². The summed E-state index contributed by atoms with van der Waals surface area (Å²) in [7, 11) is 0. The molecule has 0 saturated carbocycles. The Morgan fingerprint density at radius 3 is 0.733 bits per heavy atom. The molecule has 0 aromatic rings. The predicted octanol–water partition coefficient (Wildman–Crippen LogP) is 12.5. The number of carboxylic acid groups (broad SMARTS) is 1. The van der Waals surface area contributed by atoms with Gasteiger partial charge >= 0.3 is 5.97 Å². The Morgan fingerprint density at radius 2 is 0.556 bits per heavy atom. The molecule has 0 rings (SSSR count). The zero-order valence-corrected chi connectivity index (χ0v) is 31.6. The van der Waals surface area contributed by atoms with E-state index in [4.69, 9.17) is 21.1 Å². The molecule has 0 aliphatic carbocycles. The third kappa shape index (κ3) is 70.8. The summed E-state index contributed by atoms with van der Waals surface area (Å²) in [6.07, 6.45) is 43.1. The molecule has 0 heterocycles. The van der Waals surface area contributed by atoms with Gasteiger partial charge in [0.05, 0.1) is 0 Å². The van der Waals surface area contributed by atoms with E-state index in [1.807, 2.05) is 0 Å². The van der Waals surface area contributed by atoms with Gasteiger partial charge in [-0.1, -0.05) is 200 Å². The Balaban J connectivity index is -0.000000317. The van der Waals surface area contributed by atoms with Gasteiger partial charge in [0, 0.05) is 19.6 Å². The summed E-state index contributed by atoms with van der Waals surface area (Å²) in [4.78, 5) is 10.3. The summed E-state index contributed by atoms with van der Waals surface area (Å²) in [6.45, 7) is 9.29. The standard InChI is InChI=1S/C18H39N.C18H36O2.2C2H6O/c1-2-3-4-5-6-7-8-9-10-11-12-13-14-15-16-17-18-19;1-2-3-4-5-6-7-8-9-10-11-12-13-14-15-16-17-18(19)20;2*1-2-3/h2-19H2,1H3;2-17H2,1H3,(H,19,20);2*3H,2H2,1H3. The Morgan fingerprint density at radius 1 is 0.378 bits per heavy atom. The van der Waals surface area contributed by atoms with Crippen LogP contribution in [0.15, 0.2) is 0 Å². The lowest BCUT2D eigenvalue weighted by Gasteiger charge is -2.03. The highest BCUT2D eigenvalue weighted by Gasteiger charge is 1.97. The van der Waals surface area contributed by atoms with Crippen molar-refractivity contribution in [3.63, 3.8) is 0 Å². The maximum atomic E-state index is 10.3. The second-order valence-electron chi connectivity index (χ2n) is 12.8. The van der Waals surface area contributed by atoms with E-state index in [1.54, 1.807) is 13.8 Å². The summed E-state index contributed by atoms with van der Waals surface area (Å²) in [5.41, 5.74) is 5.48. The van der Waals surface area contributed by atoms with E-state index in [0.717, 1.165) is 19.4 Å². The summed E-state index contributed by atoms with van der Waals surface area (Å²) in [5.74, 6) is -0.653. The van der Waals surface area contributed by atoms with Crippen molar-refractivity contribution in [2.24, 2.45) is 5.73 Å². The molecule has 0 amide bonds. The maximum Gasteiger partial charge on any atom is 0.303 e. The molecule has 0 aliphatic rings. The number of unbranched alkanes of at least 4 members (excludes halogenated alkanes) is 29. The third-order valence-electron chi connectivity index (χ3n) is 8.05. The van der Waals surface area contributed by atoms with Crippen LogP contribution in [0, 0.1) is 0 Å². The molecule has 0 aliphatic heterocycles. The maximum absolute atomic E-state index is 10.3. The number of rotatable bonds is 32. The van der Waals surface area contributed by atoms with Crippen LogP contribution < -0.4 is 5.73 Å². The molecule has 0 aromatic carbocycles. The van der Waals surface area contributed by atoms with Gasteiger partial charge in [-0.15, -0.1) is 0 Å². The second-order valence-corrected chi connectivity index (χ2v) is 12.8. The molecule has 0 fully saturated rings. The van der Waals surface area contributed by atoms with Crippen LogP contribution in [-0.2, 0) is 4.79 Å². The summed E-state index contributed by atoms with van der Waals surface area (Å²) >= 11 is 0. The van der Waals surface area contributed by atoms with E-state index in [0.29, 0.717) is 6.42 Å². The minimum Gasteiger partial charge on any atom is -0.481 e. The Labute approximate surface area is 284 Å². The fraction of sp³-hybridized carbons (Fsp3) is 0.975. The lowest BCUT2D eigenvalue weighted by Crippen LogP contribution is -1.97. The highest BCUT2D eigenvalue weighted by molar-refractivity contribution is 5.66. The Hall–Kier alpha value is -0.650. The van der Waals surface area contributed by atoms with Gasteiger partial charge in [-0.05, 0) is 33.2 Å². The van der Waals surface area contributed by atoms with Gasteiger partial charge in [0.2, 0.25) is 0 Å². The van der Waals surface area contributed by atoms with Crippen molar-refractivity contribution in [2.45, 2.75) is 233 Å². The highest BCUT2D eigenvalue weighted by Crippen LogP contribution is 2.15. The number of hydrogen-bond donors (Lipinski definition) is 4. The third-order valence-corrected chi connectivity index (χ3v) is 8.05. The van der Waals surface area contributed by atoms with Crippen molar-refractivity contribution in [1.82, 2.24) is 0 Å². The topological polar surface area (TPSA) is 104 Å². The van der Waals surface area contributed by atoms with Crippen LogP contribution in [0.5, 0.6) is 0 Å². The molecule has 276 valence electrons. The number of aliphatic carboxylic acids is 1. The van der Waals surface area contributed by atoms with Crippen LogP contribution in [0.25, 0.3) is 0 Å². The van der Waals surface area contributed by atoms with E-state index in [2.05, 4.69) is 13.8 Å². The number of carboxylic acids is 1. The first-order chi connectivity index (χ1) is 22.0. The van der Waals surface area contributed by atoms with Crippen LogP contribution in [0.1, 0.15) is 233 Å². The number of aliphatic hydroxyl groups excluding tert-OH is 2. The summed E-state index contributed by atoms with van der Waals surface area (Å²) in [6, 6.07) is 0. The van der Waals surface area contributed by atoms with Crippen LogP contribution in [0.3, 0.4) is 0 Å². The molecule has 5 nitrogen and oxygen atoms in total. The molecule has 0 aromatic heterocycles. The summed E-state index contributed by atoms with van der Waals surface area (Å²) in [5, 5.41) is 23.7. The summed E-state index contributed by atoms with van der Waals surface area (Å²) < 4.78 is 0. The van der Waals surface area contributed by atoms with E-state index < -0.39 is 5.97 Å². The monoisotopic (exact) mass is 646 g/mol. The molecule has 5 N–H and O–H groups in total. The first kappa shape index (κ1) is 51.2. The quantitative estimate of drug-likeness (QED) is 0.0545. The molecule has 0 bridgehead atoms. The van der Waals surface area contributed by atoms with Crippen LogP contribution in [0.4, 0.5) is 0 Å². The molecule has 45 heavy (non-hydrogen) atoms. The Bertz CT molecular complexity index is 444. The molecule has 0 saturated heterocycles. The Kier molecular flexibility index (Phi) is 63.4. The van der Waals surface area contributed by atoms with Gasteiger partial charge in [0.25, 0.3) is 0 Å². The van der Waals surface area contributed by atoms with Gasteiger partial charge in [-0.3, -0.25) is 4.79 Å². The van der Waals surface area contributed by atoms with Gasteiger partial charge in [-0.25, -0.2) is 0 Å². The first-order valence-corrected chi connectivity index (χ1v) is 20.2. The van der Waals surface area contributed by atoms with Gasteiger partial charge in [0.1, 0.15) is 0 Å². The minimum absolute atomic E-state index is 0.250. The van der Waals surface area contributed by atoms with E-state index in [1.165, 1.54) is 186 Å². The average molecular weight is 646 g/mol. The fourth-order valence-corrected chi connectivity index (χ4v) is 5.34. The van der Waals surface area contributed by atoms with E-state index in [9.17, 15) is 4.79 Å². The van der Waals surface area contributed by atoms with Crippen molar-refractivity contribution >= 4 is 5.97 Å². The van der Waals surface area contributed by atoms with Crippen LogP contribution in [0.2, 0.25) is 0 Å². The molecule has 0 unspecified atom stereocenters.